The number of ether oxygens (including phenoxy) is 4. The second-order valence-electron chi connectivity index (χ2n) is 13.6. The van der Waals surface area contributed by atoms with Gasteiger partial charge in [-0.25, -0.2) is 9.97 Å². The van der Waals surface area contributed by atoms with Crippen molar-refractivity contribution in [1.82, 2.24) is 9.97 Å². The fourth-order valence-corrected chi connectivity index (χ4v) is 9.35. The normalized spacial score (nSPS) is 18.9. The molecule has 8 rings (SSSR count). The molecule has 1 fully saturated rings. The maximum atomic E-state index is 13.4. The highest BCUT2D eigenvalue weighted by molar-refractivity contribution is 8.02. The molecule has 292 valence electrons. The van der Waals surface area contributed by atoms with Crippen LogP contribution in [0.25, 0.3) is 0 Å². The van der Waals surface area contributed by atoms with Gasteiger partial charge in [-0.3, -0.25) is 0 Å². The molecule has 0 saturated carbocycles. The van der Waals surface area contributed by atoms with Gasteiger partial charge in [-0.15, -0.1) is 0 Å². The summed E-state index contributed by atoms with van der Waals surface area (Å²) in [5, 5.41) is 15.2. The van der Waals surface area contributed by atoms with E-state index in [1.165, 1.54) is 35.3 Å². The lowest BCUT2D eigenvalue weighted by molar-refractivity contribution is -0.257. The predicted molar refractivity (Wildman–Crippen MR) is 229 cm³/mol. The molecule has 6 aromatic carbocycles. The number of hydrogen-bond donors (Lipinski definition) is 1. The van der Waals surface area contributed by atoms with Crippen LogP contribution in [-0.4, -0.2) is 40.0 Å². The highest BCUT2D eigenvalue weighted by Gasteiger charge is 2.59. The predicted octanol–water partition coefficient (Wildman–Crippen LogP) is 10.9. The van der Waals surface area contributed by atoms with Crippen molar-refractivity contribution in [1.29, 1.82) is 0 Å². The topological polar surface area (TPSA) is 82.9 Å². The van der Waals surface area contributed by atoms with Crippen LogP contribution in [0.4, 0.5) is 0 Å². The Labute approximate surface area is 352 Å². The maximum absolute atomic E-state index is 13.4. The highest BCUT2D eigenvalue weighted by atomic mass is 32.2. The molecule has 0 aliphatic carbocycles. The molecule has 1 aromatic heterocycles. The van der Waals surface area contributed by atoms with Crippen LogP contribution in [-0.2, 0) is 44.6 Å². The molecule has 1 N–H and O–H groups in total. The number of aromatic nitrogens is 2. The number of rotatable bonds is 17. The lowest BCUT2D eigenvalue weighted by Crippen LogP contribution is -2.45. The van der Waals surface area contributed by atoms with Gasteiger partial charge in [0.2, 0.25) is 5.79 Å². The van der Waals surface area contributed by atoms with E-state index in [4.69, 9.17) is 28.9 Å². The minimum absolute atomic E-state index is 0.129. The van der Waals surface area contributed by atoms with Crippen molar-refractivity contribution in [2.24, 2.45) is 0 Å². The largest absolute Gasteiger partial charge is 0.374 e. The monoisotopic (exact) mass is 822 g/mol. The number of nitrogens with zero attached hydrogens (tertiary/aromatic N) is 2. The minimum Gasteiger partial charge on any atom is -0.374 e. The molecule has 2 heterocycles. The summed E-state index contributed by atoms with van der Waals surface area (Å²) in [6, 6.07) is 60.0. The third-order valence-electron chi connectivity index (χ3n) is 9.35. The van der Waals surface area contributed by atoms with Crippen LogP contribution < -0.4 is 0 Å². The van der Waals surface area contributed by atoms with Crippen molar-refractivity contribution in [2.45, 2.75) is 73.7 Å². The molecule has 1 aliphatic rings. The Balaban J connectivity index is 1.24. The summed E-state index contributed by atoms with van der Waals surface area (Å²) in [4.78, 5) is 13.6. The SMILES string of the molecule is OC1(c2nc(Sc3ccccc3)c(Sc3ccccc3)nc2Sc2ccccc2)O[C@H](COCc2ccccc2)[C@@H](OCc2ccccc2)[C@H]1OCc1ccccc1. The fraction of sp³-hybridized carbons (Fsp3) is 0.167. The van der Waals surface area contributed by atoms with Crippen LogP contribution in [0.3, 0.4) is 0 Å². The third-order valence-corrected chi connectivity index (χ3v) is 12.4. The Hall–Kier alpha value is -4.75. The lowest BCUT2D eigenvalue weighted by atomic mass is 10.0. The number of benzene rings is 6. The van der Waals surface area contributed by atoms with Gasteiger partial charge in [0.05, 0.1) is 26.4 Å². The lowest BCUT2D eigenvalue weighted by Gasteiger charge is -2.31. The van der Waals surface area contributed by atoms with E-state index in [9.17, 15) is 5.11 Å². The van der Waals surface area contributed by atoms with Crippen LogP contribution in [0.15, 0.2) is 212 Å². The van der Waals surface area contributed by atoms with Gasteiger partial charge in [0.1, 0.15) is 39.1 Å². The van der Waals surface area contributed by atoms with Gasteiger partial charge in [0, 0.05) is 14.7 Å². The van der Waals surface area contributed by atoms with E-state index >= 15 is 0 Å². The zero-order valence-corrected chi connectivity index (χ0v) is 34.0. The average Bonchev–Trinajstić information content (AvgIpc) is 3.55. The first-order valence-corrected chi connectivity index (χ1v) is 21.5. The van der Waals surface area contributed by atoms with Gasteiger partial charge in [-0.05, 0) is 53.1 Å². The quantitative estimate of drug-likeness (QED) is 0.0959. The summed E-state index contributed by atoms with van der Waals surface area (Å²) >= 11 is 4.43. The Morgan fingerprint density at radius 2 is 0.879 bits per heavy atom. The van der Waals surface area contributed by atoms with Crippen LogP contribution in [0.1, 0.15) is 22.4 Å². The van der Waals surface area contributed by atoms with E-state index in [2.05, 4.69) is 12.1 Å². The second kappa shape index (κ2) is 19.8. The summed E-state index contributed by atoms with van der Waals surface area (Å²) in [6.07, 6.45) is -2.53. The van der Waals surface area contributed by atoms with E-state index < -0.39 is 24.1 Å². The average molecular weight is 823 g/mol. The van der Waals surface area contributed by atoms with E-state index in [1.54, 1.807) is 0 Å². The van der Waals surface area contributed by atoms with Gasteiger partial charge in [0.25, 0.3) is 0 Å². The van der Waals surface area contributed by atoms with Gasteiger partial charge in [0.15, 0.2) is 0 Å². The fourth-order valence-electron chi connectivity index (χ4n) is 6.53. The van der Waals surface area contributed by atoms with E-state index in [0.29, 0.717) is 21.7 Å². The number of aliphatic hydroxyl groups is 1. The van der Waals surface area contributed by atoms with Crippen molar-refractivity contribution in [3.8, 4) is 0 Å². The van der Waals surface area contributed by atoms with Crippen molar-refractivity contribution in [2.75, 3.05) is 6.61 Å². The molecule has 0 spiro atoms. The van der Waals surface area contributed by atoms with Gasteiger partial charge in [-0.2, -0.15) is 0 Å². The Morgan fingerprint density at radius 3 is 1.36 bits per heavy atom. The van der Waals surface area contributed by atoms with Crippen molar-refractivity contribution >= 4 is 35.3 Å². The van der Waals surface area contributed by atoms with Crippen molar-refractivity contribution in [3.63, 3.8) is 0 Å². The molecule has 1 aliphatic heterocycles. The molecule has 1 unspecified atom stereocenters. The molecule has 58 heavy (non-hydrogen) atoms. The third kappa shape index (κ3) is 10.3. The van der Waals surface area contributed by atoms with Gasteiger partial charge >= 0.3 is 0 Å². The van der Waals surface area contributed by atoms with Crippen LogP contribution in [0, 0.1) is 0 Å². The standard InChI is InChI=1S/C48H42N2O5S3/c51-48(43-45(56-38-25-13-4-14-26-38)50-47(58-40-29-17-6-18-30-40)46(49-43)57-39-27-15-5-16-28-39)44(54-33-37-23-11-3-12-24-37)42(53-32-36-21-9-2-10-22-36)41(55-48)34-52-31-35-19-7-1-8-20-35/h1-30,41-42,44,51H,31-34H2/t41-,42-,44-,48?/m1/s1. The summed E-state index contributed by atoms with van der Waals surface area (Å²) < 4.78 is 26.7. The van der Waals surface area contributed by atoms with Crippen LogP contribution >= 0.6 is 35.3 Å². The van der Waals surface area contributed by atoms with E-state index in [0.717, 1.165) is 31.4 Å². The smallest absolute Gasteiger partial charge is 0.243 e. The first-order chi connectivity index (χ1) is 28.6. The molecular weight excluding hydrogens is 781 g/mol. The molecule has 10 heteroatoms. The molecule has 1 saturated heterocycles. The van der Waals surface area contributed by atoms with Gasteiger partial charge < -0.3 is 24.1 Å². The van der Waals surface area contributed by atoms with Gasteiger partial charge in [-0.1, -0.05) is 181 Å². The Bertz CT molecular complexity index is 2310. The van der Waals surface area contributed by atoms with Crippen molar-refractivity contribution < 1.29 is 24.1 Å². The molecule has 7 aromatic rings. The summed E-state index contributed by atoms with van der Waals surface area (Å²) in [5.74, 6) is -2.11. The second-order valence-corrected chi connectivity index (χ2v) is 16.8. The summed E-state index contributed by atoms with van der Waals surface area (Å²) in [7, 11) is 0. The molecule has 0 bridgehead atoms. The summed E-state index contributed by atoms with van der Waals surface area (Å²) in [5.41, 5.74) is 3.19. The zero-order valence-electron chi connectivity index (χ0n) is 31.6. The molecule has 4 atom stereocenters. The van der Waals surface area contributed by atoms with Crippen LogP contribution in [0.5, 0.6) is 0 Å². The van der Waals surface area contributed by atoms with Crippen LogP contribution in [0.2, 0.25) is 0 Å². The Kier molecular flexibility index (Phi) is 13.7. The summed E-state index contributed by atoms with van der Waals surface area (Å²) in [6.45, 7) is 0.953. The molecular formula is C48H42N2O5S3. The maximum Gasteiger partial charge on any atom is 0.243 e. The molecule has 7 nitrogen and oxygen atoms in total. The molecule has 0 radical (unpaired) electrons. The van der Waals surface area contributed by atoms with E-state index in [1.807, 2.05) is 170 Å². The van der Waals surface area contributed by atoms with Crippen molar-refractivity contribution in [3.05, 3.63) is 204 Å². The molecule has 0 amide bonds. The first-order valence-electron chi connectivity index (χ1n) is 19.0. The van der Waals surface area contributed by atoms with E-state index in [-0.39, 0.29) is 25.5 Å². The minimum atomic E-state index is -2.11. The number of hydrogen-bond acceptors (Lipinski definition) is 10. The highest BCUT2D eigenvalue weighted by Crippen LogP contribution is 2.47. The Morgan fingerprint density at radius 1 is 0.483 bits per heavy atom. The zero-order chi connectivity index (χ0) is 39.4. The first kappa shape index (κ1) is 40.0.